The van der Waals surface area contributed by atoms with Gasteiger partial charge < -0.3 is 4.43 Å². The molecule has 0 fully saturated rings. The SMILES string of the molecule is C.C.C#[Si]O/C(C)=C\C(C)=O. The highest BCUT2D eigenvalue weighted by Crippen LogP contribution is 1.90. The number of rotatable bonds is 2. The average molecular weight is 172 g/mol. The molecule has 0 rings (SSSR count). The van der Waals surface area contributed by atoms with E-state index in [0.717, 1.165) is 0 Å². The lowest BCUT2D eigenvalue weighted by Gasteiger charge is -1.92. The number of carbonyl (C=O) groups is 1. The van der Waals surface area contributed by atoms with Crippen molar-refractivity contribution in [1.29, 1.82) is 0 Å². The van der Waals surface area contributed by atoms with Crippen LogP contribution < -0.4 is 0 Å². The first-order valence-electron chi connectivity index (χ1n) is 2.48. The van der Waals surface area contributed by atoms with Gasteiger partial charge in [-0.2, -0.15) is 0 Å². The molecule has 0 aliphatic carbocycles. The summed E-state index contributed by atoms with van der Waals surface area (Å²) in [4.78, 5) is 10.3. The maximum Gasteiger partial charge on any atom is 0.245 e. The minimum atomic E-state index is -0.0829. The van der Waals surface area contributed by atoms with Crippen LogP contribution in [0.4, 0.5) is 0 Å². The van der Waals surface area contributed by atoms with Crippen LogP contribution in [0, 0.1) is 6.00 Å². The molecule has 0 aliphatic rings. The van der Waals surface area contributed by atoms with E-state index in [0.29, 0.717) is 5.76 Å². The fourth-order valence-electron chi connectivity index (χ4n) is 0.409. The Hall–Kier alpha value is -0.793. The Labute approximate surface area is 71.5 Å². The van der Waals surface area contributed by atoms with Gasteiger partial charge in [-0.3, -0.25) is 4.79 Å². The van der Waals surface area contributed by atoms with Crippen LogP contribution in [0.15, 0.2) is 11.8 Å². The standard InChI is InChI=1S/C6H8O2Si.2CH4/c1-5(7)4-6(2)8-9-3;;/h3-4H,1-2H3;2*1H4/b6-4-;;. The number of ketones is 1. The van der Waals surface area contributed by atoms with E-state index in [2.05, 4.69) is 0 Å². The molecule has 0 heterocycles. The van der Waals surface area contributed by atoms with Crippen LogP contribution in [0.3, 0.4) is 0 Å². The molecular formula is C8H16O2Si. The molecule has 0 N–H and O–H groups in total. The summed E-state index contributed by atoms with van der Waals surface area (Å²) in [7, 11) is -0.0829. The molecule has 2 nitrogen and oxygen atoms in total. The number of hydrogen-bond acceptors (Lipinski definition) is 2. The Bertz CT molecular complexity index is 177. The van der Waals surface area contributed by atoms with Gasteiger partial charge in [-0.25, -0.2) is 0 Å². The summed E-state index contributed by atoms with van der Waals surface area (Å²) in [5.41, 5.74) is 0. The molecule has 0 unspecified atom stereocenters. The highest BCUT2D eigenvalue weighted by Gasteiger charge is 1.87. The summed E-state index contributed by atoms with van der Waals surface area (Å²) in [5.74, 6) is 0.550. The van der Waals surface area contributed by atoms with Gasteiger partial charge in [0.2, 0.25) is 9.20 Å². The smallest absolute Gasteiger partial charge is 0.245 e. The van der Waals surface area contributed by atoms with E-state index in [4.69, 9.17) is 10.4 Å². The summed E-state index contributed by atoms with van der Waals surface area (Å²) in [5, 5.41) is 0. The van der Waals surface area contributed by atoms with Crippen LogP contribution >= 0.6 is 0 Å². The zero-order chi connectivity index (χ0) is 7.28. The summed E-state index contributed by atoms with van der Waals surface area (Å²) in [6.07, 6.45) is 1.40. The van der Waals surface area contributed by atoms with E-state index in [9.17, 15) is 4.79 Å². The van der Waals surface area contributed by atoms with E-state index >= 15 is 0 Å². The van der Waals surface area contributed by atoms with E-state index < -0.39 is 0 Å². The Balaban J connectivity index is -0.000000320. The first kappa shape index (κ1) is 16.7. The van der Waals surface area contributed by atoms with Crippen molar-refractivity contribution < 1.29 is 9.22 Å². The van der Waals surface area contributed by atoms with Gasteiger partial charge in [-0.1, -0.05) is 14.9 Å². The van der Waals surface area contributed by atoms with Gasteiger partial charge in [0.15, 0.2) is 5.78 Å². The van der Waals surface area contributed by atoms with Crippen molar-refractivity contribution in [2.75, 3.05) is 0 Å². The normalized spacial score (nSPS) is 8.27. The molecule has 0 radical (unpaired) electrons. The maximum atomic E-state index is 10.3. The van der Waals surface area contributed by atoms with Gasteiger partial charge in [0.05, 0.1) is 5.76 Å². The lowest BCUT2D eigenvalue weighted by atomic mass is 10.4. The van der Waals surface area contributed by atoms with Crippen LogP contribution in [0.25, 0.3) is 0 Å². The van der Waals surface area contributed by atoms with Crippen molar-refractivity contribution in [3.8, 4) is 6.00 Å². The molecule has 0 amide bonds. The molecule has 0 bridgehead atoms. The molecule has 0 atom stereocenters. The van der Waals surface area contributed by atoms with Crippen molar-refractivity contribution in [2.24, 2.45) is 0 Å². The molecule has 0 saturated heterocycles. The van der Waals surface area contributed by atoms with Crippen LogP contribution in [0.5, 0.6) is 0 Å². The van der Waals surface area contributed by atoms with Crippen molar-refractivity contribution in [3.63, 3.8) is 0 Å². The zero-order valence-electron chi connectivity index (χ0n) is 5.47. The van der Waals surface area contributed by atoms with Gasteiger partial charge in [0.25, 0.3) is 0 Å². The molecule has 0 aromatic heterocycles. The summed E-state index contributed by atoms with van der Waals surface area (Å²) < 4.78 is 4.80. The second kappa shape index (κ2) is 9.21. The Morgan fingerprint density at radius 1 is 1.45 bits per heavy atom. The second-order valence-electron chi connectivity index (χ2n) is 1.59. The summed E-state index contributed by atoms with van der Waals surface area (Å²) >= 11 is 0. The predicted octanol–water partition coefficient (Wildman–Crippen LogP) is 1.98. The minimum Gasteiger partial charge on any atom is -0.471 e. The predicted molar refractivity (Wildman–Crippen MR) is 49.7 cm³/mol. The van der Waals surface area contributed by atoms with E-state index in [1.165, 1.54) is 13.0 Å². The van der Waals surface area contributed by atoms with Crippen LogP contribution in [-0.2, 0) is 9.22 Å². The van der Waals surface area contributed by atoms with Crippen molar-refractivity contribution in [1.82, 2.24) is 0 Å². The van der Waals surface area contributed by atoms with Gasteiger partial charge >= 0.3 is 0 Å². The zero-order valence-corrected chi connectivity index (χ0v) is 6.47. The van der Waals surface area contributed by atoms with Crippen LogP contribution in [0.2, 0.25) is 0 Å². The Morgan fingerprint density at radius 2 is 1.91 bits per heavy atom. The fraction of sp³-hybridized carbons (Fsp3) is 0.500. The molecule has 64 valence electrons. The van der Waals surface area contributed by atoms with Gasteiger partial charge in [-0.15, -0.1) is 6.00 Å². The molecule has 0 spiro atoms. The third kappa shape index (κ3) is 12.4. The number of allylic oxidation sites excluding steroid dienone is 2. The lowest BCUT2D eigenvalue weighted by Crippen LogP contribution is -1.88. The Morgan fingerprint density at radius 3 is 2.18 bits per heavy atom. The van der Waals surface area contributed by atoms with Crippen molar-refractivity contribution in [3.05, 3.63) is 11.8 Å². The van der Waals surface area contributed by atoms with Gasteiger partial charge in [-0.05, 0) is 13.8 Å². The molecule has 11 heavy (non-hydrogen) atoms. The topological polar surface area (TPSA) is 26.3 Å². The van der Waals surface area contributed by atoms with E-state index in [1.807, 2.05) is 0 Å². The van der Waals surface area contributed by atoms with E-state index in [1.54, 1.807) is 6.92 Å². The molecule has 0 saturated carbocycles. The monoisotopic (exact) mass is 172 g/mol. The maximum absolute atomic E-state index is 10.3. The molecule has 0 aromatic rings. The first-order valence-corrected chi connectivity index (χ1v) is 3.46. The lowest BCUT2D eigenvalue weighted by molar-refractivity contribution is -0.112. The third-order valence-electron chi connectivity index (χ3n) is 0.626. The van der Waals surface area contributed by atoms with Crippen molar-refractivity contribution in [2.45, 2.75) is 28.7 Å². The van der Waals surface area contributed by atoms with E-state index in [-0.39, 0.29) is 29.8 Å². The fourth-order valence-corrected chi connectivity index (χ4v) is 0.653. The second-order valence-corrected chi connectivity index (χ2v) is 2.03. The highest BCUT2D eigenvalue weighted by atomic mass is 28.2. The third-order valence-corrected chi connectivity index (χ3v) is 1.07. The molecular weight excluding hydrogens is 156 g/mol. The number of carbonyl (C=O) groups excluding carboxylic acids is 1. The summed E-state index contributed by atoms with van der Waals surface area (Å²) in [6.45, 7) is 3.16. The largest absolute Gasteiger partial charge is 0.471 e. The average Bonchev–Trinajstić information content (AvgIpc) is 1.63. The van der Waals surface area contributed by atoms with Crippen LogP contribution in [0.1, 0.15) is 28.7 Å². The van der Waals surface area contributed by atoms with Gasteiger partial charge in [0, 0.05) is 6.08 Å². The molecule has 0 aliphatic heterocycles. The molecule has 3 heteroatoms. The first-order chi connectivity index (χ1) is 4.16. The quantitative estimate of drug-likeness (QED) is 0.362. The highest BCUT2D eigenvalue weighted by molar-refractivity contribution is 6.12. The van der Waals surface area contributed by atoms with Gasteiger partial charge in [0.1, 0.15) is 0 Å². The minimum absolute atomic E-state index is 0. The molecule has 0 aromatic carbocycles. The van der Waals surface area contributed by atoms with Crippen LogP contribution in [-0.4, -0.2) is 15.0 Å². The number of hydrogen-bond donors (Lipinski definition) is 0. The Kier molecular flexibility index (Phi) is 13.9. The van der Waals surface area contributed by atoms with Crippen molar-refractivity contribution >= 4 is 15.0 Å². The summed E-state index contributed by atoms with van der Waals surface area (Å²) in [6, 6.07) is 5.06.